The molecule has 0 aromatic rings. The zero-order valence-electron chi connectivity index (χ0n) is 8.82. The van der Waals surface area contributed by atoms with Gasteiger partial charge < -0.3 is 10.1 Å². The van der Waals surface area contributed by atoms with Crippen molar-refractivity contribution in [2.24, 2.45) is 5.92 Å². The van der Waals surface area contributed by atoms with Crippen LogP contribution in [0, 0.1) is 5.92 Å². The summed E-state index contributed by atoms with van der Waals surface area (Å²) in [5, 5.41) is 2.67. The number of carbonyl (C=O) groups is 1. The summed E-state index contributed by atoms with van der Waals surface area (Å²) < 4.78 is 5.54. The molecule has 0 saturated carbocycles. The Morgan fingerprint density at radius 1 is 1.71 bits per heavy atom. The average Bonchev–Trinajstić information content (AvgIpc) is 2.60. The van der Waals surface area contributed by atoms with E-state index in [0.29, 0.717) is 12.0 Å². The van der Waals surface area contributed by atoms with Crippen LogP contribution in [0.15, 0.2) is 0 Å². The second-order valence-corrected chi connectivity index (χ2v) is 4.56. The van der Waals surface area contributed by atoms with Crippen molar-refractivity contribution in [3.05, 3.63) is 0 Å². The fourth-order valence-corrected chi connectivity index (χ4v) is 1.85. The lowest BCUT2D eigenvalue weighted by molar-refractivity contribution is -0.120. The first-order chi connectivity index (χ1) is 6.65. The Hall–Kier alpha value is -0.220. The molecule has 1 aliphatic rings. The van der Waals surface area contributed by atoms with Crippen molar-refractivity contribution < 1.29 is 9.53 Å². The number of rotatable bonds is 4. The molecule has 0 aliphatic carbocycles. The lowest BCUT2D eigenvalue weighted by atomic mass is 10.00. The quantitative estimate of drug-likeness (QED) is 0.695. The topological polar surface area (TPSA) is 38.3 Å². The first-order valence-electron chi connectivity index (χ1n) is 5.22. The summed E-state index contributed by atoms with van der Waals surface area (Å²) >= 11 is 4.07. The van der Waals surface area contributed by atoms with Gasteiger partial charge in [0.25, 0.3) is 0 Å². The molecule has 0 bridgehead atoms. The van der Waals surface area contributed by atoms with Crippen molar-refractivity contribution in [3.8, 4) is 0 Å². The van der Waals surface area contributed by atoms with E-state index in [1.54, 1.807) is 6.92 Å². The SMILES string of the molecule is CCC1OCCC1CNC(=O)C(C)S. The van der Waals surface area contributed by atoms with Gasteiger partial charge in [-0.2, -0.15) is 12.6 Å². The molecule has 0 radical (unpaired) electrons. The third-order valence-corrected chi connectivity index (χ3v) is 2.90. The Bertz CT molecular complexity index is 197. The molecule has 1 aliphatic heterocycles. The standard InChI is InChI=1S/C10H19NO2S/c1-3-9-8(4-5-13-9)6-11-10(12)7(2)14/h7-9,14H,3-6H2,1-2H3,(H,11,12). The van der Waals surface area contributed by atoms with Gasteiger partial charge in [0.15, 0.2) is 0 Å². The molecule has 1 fully saturated rings. The third kappa shape index (κ3) is 3.17. The highest BCUT2D eigenvalue weighted by Gasteiger charge is 2.26. The molecule has 0 aromatic heterocycles. The first kappa shape index (κ1) is 11.9. The highest BCUT2D eigenvalue weighted by molar-refractivity contribution is 7.81. The van der Waals surface area contributed by atoms with E-state index in [9.17, 15) is 4.79 Å². The van der Waals surface area contributed by atoms with E-state index >= 15 is 0 Å². The van der Waals surface area contributed by atoms with Crippen molar-refractivity contribution in [1.82, 2.24) is 5.32 Å². The molecular weight excluding hydrogens is 198 g/mol. The Morgan fingerprint density at radius 2 is 2.43 bits per heavy atom. The van der Waals surface area contributed by atoms with Crippen LogP contribution in [-0.2, 0) is 9.53 Å². The Kier molecular flexibility index (Phi) is 4.75. The summed E-state index contributed by atoms with van der Waals surface area (Å²) in [5.41, 5.74) is 0. The Labute approximate surface area is 91.0 Å². The molecule has 1 heterocycles. The second kappa shape index (κ2) is 5.61. The predicted molar refractivity (Wildman–Crippen MR) is 59.6 cm³/mol. The molecule has 1 amide bonds. The molecule has 4 heteroatoms. The lowest BCUT2D eigenvalue weighted by Crippen LogP contribution is -2.36. The maximum Gasteiger partial charge on any atom is 0.232 e. The minimum absolute atomic E-state index is 0.00934. The van der Waals surface area contributed by atoms with Gasteiger partial charge in [0.1, 0.15) is 0 Å². The van der Waals surface area contributed by atoms with E-state index < -0.39 is 0 Å². The highest BCUT2D eigenvalue weighted by atomic mass is 32.1. The smallest absolute Gasteiger partial charge is 0.232 e. The molecular formula is C10H19NO2S. The number of nitrogens with one attached hydrogen (secondary N) is 1. The van der Waals surface area contributed by atoms with Crippen LogP contribution >= 0.6 is 12.6 Å². The molecule has 3 atom stereocenters. The van der Waals surface area contributed by atoms with Gasteiger partial charge in [0, 0.05) is 19.1 Å². The molecule has 82 valence electrons. The zero-order chi connectivity index (χ0) is 10.6. The lowest BCUT2D eigenvalue weighted by Gasteiger charge is -2.17. The summed E-state index contributed by atoms with van der Waals surface area (Å²) in [6.07, 6.45) is 2.40. The van der Waals surface area contributed by atoms with Crippen LogP contribution in [0.5, 0.6) is 0 Å². The molecule has 3 nitrogen and oxygen atoms in total. The van der Waals surface area contributed by atoms with Crippen LogP contribution < -0.4 is 5.32 Å². The van der Waals surface area contributed by atoms with E-state index in [1.807, 2.05) is 0 Å². The number of hydrogen-bond donors (Lipinski definition) is 2. The van der Waals surface area contributed by atoms with Crippen LogP contribution in [0.1, 0.15) is 26.7 Å². The van der Waals surface area contributed by atoms with Gasteiger partial charge in [-0.25, -0.2) is 0 Å². The van der Waals surface area contributed by atoms with Gasteiger partial charge in [0.05, 0.1) is 11.4 Å². The van der Waals surface area contributed by atoms with Crippen molar-refractivity contribution in [2.75, 3.05) is 13.2 Å². The molecule has 0 spiro atoms. The van der Waals surface area contributed by atoms with Crippen LogP contribution in [0.25, 0.3) is 0 Å². The number of hydrogen-bond acceptors (Lipinski definition) is 3. The van der Waals surface area contributed by atoms with Crippen molar-refractivity contribution in [1.29, 1.82) is 0 Å². The normalized spacial score (nSPS) is 28.8. The Balaban J connectivity index is 2.27. The third-order valence-electron chi connectivity index (χ3n) is 2.67. The van der Waals surface area contributed by atoms with Crippen LogP contribution in [-0.4, -0.2) is 30.4 Å². The molecule has 1 rings (SSSR count). The molecule has 14 heavy (non-hydrogen) atoms. The van der Waals surface area contributed by atoms with Gasteiger partial charge in [0.2, 0.25) is 5.91 Å². The predicted octanol–water partition coefficient (Wildman–Crippen LogP) is 1.24. The number of amides is 1. The van der Waals surface area contributed by atoms with E-state index in [4.69, 9.17) is 4.74 Å². The maximum absolute atomic E-state index is 11.3. The van der Waals surface area contributed by atoms with Gasteiger partial charge in [-0.1, -0.05) is 6.92 Å². The fourth-order valence-electron chi connectivity index (χ4n) is 1.76. The van der Waals surface area contributed by atoms with Crippen LogP contribution in [0.2, 0.25) is 0 Å². The van der Waals surface area contributed by atoms with Crippen molar-refractivity contribution in [3.63, 3.8) is 0 Å². The van der Waals surface area contributed by atoms with Crippen molar-refractivity contribution >= 4 is 18.5 Å². The minimum atomic E-state index is -0.225. The average molecular weight is 217 g/mol. The van der Waals surface area contributed by atoms with Gasteiger partial charge in [-0.05, 0) is 19.8 Å². The van der Waals surface area contributed by atoms with Crippen molar-refractivity contribution in [2.45, 2.75) is 38.0 Å². The highest BCUT2D eigenvalue weighted by Crippen LogP contribution is 2.22. The summed E-state index contributed by atoms with van der Waals surface area (Å²) in [5.74, 6) is 0.492. The molecule has 1 N–H and O–H groups in total. The summed E-state index contributed by atoms with van der Waals surface area (Å²) in [7, 11) is 0. The van der Waals surface area contributed by atoms with Crippen LogP contribution in [0.4, 0.5) is 0 Å². The van der Waals surface area contributed by atoms with Gasteiger partial charge >= 0.3 is 0 Å². The summed E-state index contributed by atoms with van der Waals surface area (Å²) in [4.78, 5) is 11.3. The fraction of sp³-hybridized carbons (Fsp3) is 0.900. The number of ether oxygens (including phenoxy) is 1. The number of carbonyl (C=O) groups excluding carboxylic acids is 1. The second-order valence-electron chi connectivity index (χ2n) is 3.79. The molecule has 0 aromatic carbocycles. The number of thiol groups is 1. The Morgan fingerprint density at radius 3 is 3.00 bits per heavy atom. The van der Waals surface area contributed by atoms with E-state index in [2.05, 4.69) is 24.9 Å². The van der Waals surface area contributed by atoms with Gasteiger partial charge in [-0.3, -0.25) is 4.79 Å². The largest absolute Gasteiger partial charge is 0.378 e. The molecule has 3 unspecified atom stereocenters. The van der Waals surface area contributed by atoms with Gasteiger partial charge in [-0.15, -0.1) is 0 Å². The summed E-state index contributed by atoms with van der Waals surface area (Å²) in [6.45, 7) is 5.45. The van der Waals surface area contributed by atoms with E-state index in [1.165, 1.54) is 0 Å². The minimum Gasteiger partial charge on any atom is -0.378 e. The van der Waals surface area contributed by atoms with E-state index in [-0.39, 0.29) is 11.2 Å². The monoisotopic (exact) mass is 217 g/mol. The zero-order valence-corrected chi connectivity index (χ0v) is 9.72. The maximum atomic E-state index is 11.3. The summed E-state index contributed by atoms with van der Waals surface area (Å²) in [6, 6.07) is 0. The molecule has 1 saturated heterocycles. The van der Waals surface area contributed by atoms with Crippen LogP contribution in [0.3, 0.4) is 0 Å². The first-order valence-corrected chi connectivity index (χ1v) is 5.74. The van der Waals surface area contributed by atoms with E-state index in [0.717, 1.165) is 26.0 Å².